The Balaban J connectivity index is 2.93. The Labute approximate surface area is 101 Å². The van der Waals surface area contributed by atoms with Gasteiger partial charge in [-0.2, -0.15) is 0 Å². The van der Waals surface area contributed by atoms with Crippen LogP contribution in [0, 0.1) is 5.82 Å². The Morgan fingerprint density at radius 2 is 2.06 bits per heavy atom. The normalized spacial score (nSPS) is 14.6. The number of hydrogen-bond acceptors (Lipinski definition) is 2. The van der Waals surface area contributed by atoms with Crippen molar-refractivity contribution in [2.45, 2.75) is 32.4 Å². The lowest BCUT2D eigenvalue weighted by Gasteiger charge is -2.30. The third kappa shape index (κ3) is 3.03. The Hall–Kier alpha value is -1.42. The molecule has 0 bridgehead atoms. The molecule has 94 valence electrons. The van der Waals surface area contributed by atoms with Crippen molar-refractivity contribution < 1.29 is 14.3 Å². The molecule has 0 aliphatic carbocycles. The lowest BCUT2D eigenvalue weighted by Crippen LogP contribution is -2.39. The van der Waals surface area contributed by atoms with E-state index < -0.39 is 12.0 Å². The van der Waals surface area contributed by atoms with Crippen LogP contribution in [-0.2, 0) is 4.79 Å². The second-order valence-corrected chi connectivity index (χ2v) is 4.13. The molecular formula is C13H18FNO2. The molecule has 0 heterocycles. The second-order valence-electron chi connectivity index (χ2n) is 4.13. The minimum absolute atomic E-state index is 0.266. The van der Waals surface area contributed by atoms with E-state index in [0.717, 1.165) is 0 Å². The van der Waals surface area contributed by atoms with Gasteiger partial charge in [0.2, 0.25) is 0 Å². The lowest BCUT2D eigenvalue weighted by molar-refractivity contribution is -0.143. The number of carboxylic acids is 1. The van der Waals surface area contributed by atoms with Crippen molar-refractivity contribution in [3.8, 4) is 0 Å². The highest BCUT2D eigenvalue weighted by Crippen LogP contribution is 2.24. The maximum Gasteiger partial charge on any atom is 0.320 e. The van der Waals surface area contributed by atoms with Crippen LogP contribution in [0.4, 0.5) is 4.39 Å². The summed E-state index contributed by atoms with van der Waals surface area (Å²) < 4.78 is 13.6. The first-order valence-electron chi connectivity index (χ1n) is 5.68. The molecule has 1 N–H and O–H groups in total. The molecule has 0 fully saturated rings. The number of hydrogen-bond donors (Lipinski definition) is 1. The van der Waals surface area contributed by atoms with Crippen molar-refractivity contribution in [1.29, 1.82) is 0 Å². The highest BCUT2D eigenvalue weighted by molar-refractivity contribution is 5.73. The van der Waals surface area contributed by atoms with Crippen LogP contribution in [0.3, 0.4) is 0 Å². The first-order chi connectivity index (χ1) is 7.99. The smallest absolute Gasteiger partial charge is 0.320 e. The number of carboxylic acid groups (broad SMARTS) is 1. The van der Waals surface area contributed by atoms with E-state index in [-0.39, 0.29) is 11.9 Å². The number of nitrogens with zero attached hydrogens (tertiary/aromatic N) is 1. The Kier molecular flexibility index (Phi) is 4.63. The molecule has 1 rings (SSSR count). The molecule has 0 aliphatic heterocycles. The van der Waals surface area contributed by atoms with Crippen molar-refractivity contribution in [2.75, 3.05) is 7.05 Å². The predicted octanol–water partition coefficient (Wildman–Crippen LogP) is 2.68. The number of halogens is 1. The van der Waals surface area contributed by atoms with Gasteiger partial charge < -0.3 is 5.11 Å². The van der Waals surface area contributed by atoms with Gasteiger partial charge in [0.1, 0.15) is 11.9 Å². The molecule has 1 aromatic rings. The van der Waals surface area contributed by atoms with Gasteiger partial charge in [0, 0.05) is 11.6 Å². The van der Waals surface area contributed by atoms with Crippen LogP contribution < -0.4 is 0 Å². The molecule has 2 unspecified atom stereocenters. The third-order valence-corrected chi connectivity index (χ3v) is 3.13. The molecule has 0 saturated heterocycles. The summed E-state index contributed by atoms with van der Waals surface area (Å²) in [6, 6.07) is 5.60. The molecule has 3 nitrogen and oxygen atoms in total. The first kappa shape index (κ1) is 13.6. The van der Waals surface area contributed by atoms with Crippen LogP contribution >= 0.6 is 0 Å². The Bertz CT molecular complexity index is 395. The van der Waals surface area contributed by atoms with Crippen molar-refractivity contribution in [3.05, 3.63) is 35.6 Å². The summed E-state index contributed by atoms with van der Waals surface area (Å²) in [4.78, 5) is 12.7. The molecule has 1 aromatic carbocycles. The zero-order valence-electron chi connectivity index (χ0n) is 10.4. The number of rotatable bonds is 5. The van der Waals surface area contributed by atoms with E-state index in [4.69, 9.17) is 5.11 Å². The van der Waals surface area contributed by atoms with Crippen LogP contribution in [0.25, 0.3) is 0 Å². The SMILES string of the molecule is CCC(C(=O)O)N(C)C(C)c1ccccc1F. The zero-order valence-corrected chi connectivity index (χ0v) is 10.4. The molecule has 0 aromatic heterocycles. The van der Waals surface area contributed by atoms with E-state index in [0.29, 0.717) is 12.0 Å². The monoisotopic (exact) mass is 239 g/mol. The Morgan fingerprint density at radius 1 is 1.47 bits per heavy atom. The van der Waals surface area contributed by atoms with Gasteiger partial charge in [-0.05, 0) is 26.5 Å². The average Bonchev–Trinajstić information content (AvgIpc) is 2.29. The third-order valence-electron chi connectivity index (χ3n) is 3.13. The highest BCUT2D eigenvalue weighted by atomic mass is 19.1. The van der Waals surface area contributed by atoms with Crippen LogP contribution in [0.5, 0.6) is 0 Å². The molecular weight excluding hydrogens is 221 g/mol. The summed E-state index contributed by atoms with van der Waals surface area (Å²) in [7, 11) is 1.71. The van der Waals surface area contributed by atoms with E-state index >= 15 is 0 Å². The minimum Gasteiger partial charge on any atom is -0.480 e. The maximum atomic E-state index is 13.6. The Morgan fingerprint density at radius 3 is 2.53 bits per heavy atom. The predicted molar refractivity (Wildman–Crippen MR) is 64.3 cm³/mol. The van der Waals surface area contributed by atoms with E-state index in [9.17, 15) is 9.18 Å². The zero-order chi connectivity index (χ0) is 13.0. The van der Waals surface area contributed by atoms with Crippen LogP contribution in [0.1, 0.15) is 31.9 Å². The topological polar surface area (TPSA) is 40.5 Å². The van der Waals surface area contributed by atoms with Gasteiger partial charge in [-0.3, -0.25) is 9.69 Å². The molecule has 0 radical (unpaired) electrons. The number of likely N-dealkylation sites (N-methyl/N-ethyl adjacent to an activating group) is 1. The largest absolute Gasteiger partial charge is 0.480 e. The second kappa shape index (κ2) is 5.77. The number of aliphatic carboxylic acids is 1. The van der Waals surface area contributed by atoms with Gasteiger partial charge in [0.05, 0.1) is 0 Å². The van der Waals surface area contributed by atoms with Crippen LogP contribution in [-0.4, -0.2) is 29.1 Å². The van der Waals surface area contributed by atoms with Crippen LogP contribution in [0.15, 0.2) is 24.3 Å². The van der Waals surface area contributed by atoms with E-state index in [1.807, 2.05) is 13.8 Å². The number of benzene rings is 1. The fourth-order valence-corrected chi connectivity index (χ4v) is 1.94. The number of carbonyl (C=O) groups is 1. The summed E-state index contributed by atoms with van der Waals surface area (Å²) in [5.74, 6) is -1.18. The molecule has 0 amide bonds. The average molecular weight is 239 g/mol. The van der Waals surface area contributed by atoms with E-state index in [1.165, 1.54) is 6.07 Å². The van der Waals surface area contributed by atoms with Gasteiger partial charge in [0.15, 0.2) is 0 Å². The molecule has 0 saturated carbocycles. The fraction of sp³-hybridized carbons (Fsp3) is 0.462. The van der Waals surface area contributed by atoms with Gasteiger partial charge >= 0.3 is 5.97 Å². The maximum absolute atomic E-state index is 13.6. The summed E-state index contributed by atoms with van der Waals surface area (Å²) in [5.41, 5.74) is 0.523. The molecule has 0 spiro atoms. The summed E-state index contributed by atoms with van der Waals surface area (Å²) in [5, 5.41) is 9.07. The lowest BCUT2D eigenvalue weighted by atomic mass is 10.0. The minimum atomic E-state index is -0.877. The summed E-state index contributed by atoms with van der Waals surface area (Å²) >= 11 is 0. The highest BCUT2D eigenvalue weighted by Gasteiger charge is 2.26. The molecule has 4 heteroatoms. The van der Waals surface area contributed by atoms with E-state index in [2.05, 4.69) is 0 Å². The van der Waals surface area contributed by atoms with Crippen molar-refractivity contribution >= 4 is 5.97 Å². The van der Waals surface area contributed by atoms with Gasteiger partial charge in [-0.1, -0.05) is 25.1 Å². The molecule has 2 atom stereocenters. The van der Waals surface area contributed by atoms with Gasteiger partial charge in [-0.15, -0.1) is 0 Å². The van der Waals surface area contributed by atoms with E-state index in [1.54, 1.807) is 30.1 Å². The van der Waals surface area contributed by atoms with Crippen molar-refractivity contribution in [3.63, 3.8) is 0 Å². The molecule has 0 aliphatic rings. The molecule has 17 heavy (non-hydrogen) atoms. The van der Waals surface area contributed by atoms with Gasteiger partial charge in [0.25, 0.3) is 0 Å². The quantitative estimate of drug-likeness (QED) is 0.858. The van der Waals surface area contributed by atoms with Crippen LogP contribution in [0.2, 0.25) is 0 Å². The van der Waals surface area contributed by atoms with Gasteiger partial charge in [-0.25, -0.2) is 4.39 Å². The first-order valence-corrected chi connectivity index (χ1v) is 5.68. The standard InChI is InChI=1S/C13H18FNO2/c1-4-12(13(16)17)15(3)9(2)10-7-5-6-8-11(10)14/h5-9,12H,4H2,1-3H3,(H,16,17). The van der Waals surface area contributed by atoms with Crippen molar-refractivity contribution in [1.82, 2.24) is 4.90 Å². The summed E-state index contributed by atoms with van der Waals surface area (Å²) in [6.45, 7) is 3.62. The fourth-order valence-electron chi connectivity index (χ4n) is 1.94. The summed E-state index contributed by atoms with van der Waals surface area (Å²) in [6.07, 6.45) is 0.491. The van der Waals surface area contributed by atoms with Crippen molar-refractivity contribution in [2.24, 2.45) is 0 Å².